The zero-order valence-corrected chi connectivity index (χ0v) is 12.6. The van der Waals surface area contributed by atoms with Gasteiger partial charge in [-0.1, -0.05) is 50.3 Å². The summed E-state index contributed by atoms with van der Waals surface area (Å²) in [6, 6.07) is 0. The van der Waals surface area contributed by atoms with Crippen molar-refractivity contribution >= 4 is 28.5 Å². The third-order valence-electron chi connectivity index (χ3n) is 2.13. The highest BCUT2D eigenvalue weighted by Crippen LogP contribution is 2.25. The van der Waals surface area contributed by atoms with E-state index < -0.39 is 0 Å². The van der Waals surface area contributed by atoms with Crippen LogP contribution in [0.2, 0.25) is 0 Å². The number of halogens is 1. The van der Waals surface area contributed by atoms with Gasteiger partial charge in [0.15, 0.2) is 0 Å². The highest BCUT2D eigenvalue weighted by Gasteiger charge is 2.17. The molecule has 0 aliphatic carbocycles. The van der Waals surface area contributed by atoms with Gasteiger partial charge in [0, 0.05) is 17.4 Å². The van der Waals surface area contributed by atoms with Gasteiger partial charge in [0.25, 0.3) is 0 Å². The summed E-state index contributed by atoms with van der Waals surface area (Å²) in [5.74, 6) is 0.682. The van der Waals surface area contributed by atoms with E-state index in [1.54, 1.807) is 0 Å². The molecule has 0 bridgehead atoms. The van der Waals surface area contributed by atoms with E-state index in [1.807, 2.05) is 0 Å². The number of carbonyl (C=O) groups is 1. The van der Waals surface area contributed by atoms with Crippen LogP contribution in [0.1, 0.15) is 47.0 Å². The minimum atomic E-state index is 0.205. The lowest BCUT2D eigenvalue weighted by Crippen LogP contribution is -2.27. The first-order chi connectivity index (χ1) is 6.85. The van der Waals surface area contributed by atoms with Crippen molar-refractivity contribution < 1.29 is 4.79 Å². The van der Waals surface area contributed by atoms with Gasteiger partial charge < -0.3 is 5.32 Å². The monoisotopic (exact) mass is 325 g/mol. The molecular formula is C12H24INO. The van der Waals surface area contributed by atoms with Crippen LogP contribution in [0.4, 0.5) is 0 Å². The average molecular weight is 325 g/mol. The Hall–Kier alpha value is 0.200. The fraction of sp³-hybridized carbons (Fsp3) is 0.917. The number of amides is 1. The maximum Gasteiger partial charge on any atom is 0.220 e. The molecule has 15 heavy (non-hydrogen) atoms. The first kappa shape index (κ1) is 15.2. The molecular weight excluding hydrogens is 301 g/mol. The van der Waals surface area contributed by atoms with Crippen LogP contribution in [0.25, 0.3) is 0 Å². The van der Waals surface area contributed by atoms with Crippen LogP contribution >= 0.6 is 22.6 Å². The molecule has 2 nitrogen and oxygen atoms in total. The van der Waals surface area contributed by atoms with E-state index in [2.05, 4.69) is 55.6 Å². The molecule has 1 atom stereocenters. The van der Waals surface area contributed by atoms with Gasteiger partial charge in [-0.3, -0.25) is 4.79 Å². The molecule has 0 aliphatic rings. The Morgan fingerprint density at radius 1 is 1.40 bits per heavy atom. The standard InChI is InChI=1S/C12H24INO/c1-10(9-12(2,3)4)8-11(15)14-7-5-6-13/h10H,5-9H2,1-4H3,(H,14,15). The Morgan fingerprint density at radius 3 is 2.47 bits per heavy atom. The van der Waals surface area contributed by atoms with Crippen LogP contribution in [0.5, 0.6) is 0 Å². The zero-order valence-electron chi connectivity index (χ0n) is 10.4. The molecule has 0 saturated heterocycles. The number of hydrogen-bond acceptors (Lipinski definition) is 1. The lowest BCUT2D eigenvalue weighted by molar-refractivity contribution is -0.122. The molecule has 0 radical (unpaired) electrons. The molecule has 3 heteroatoms. The van der Waals surface area contributed by atoms with Crippen molar-refractivity contribution in [1.82, 2.24) is 5.32 Å². The molecule has 0 spiro atoms. The summed E-state index contributed by atoms with van der Waals surface area (Å²) in [4.78, 5) is 11.5. The van der Waals surface area contributed by atoms with Crippen molar-refractivity contribution in [2.24, 2.45) is 11.3 Å². The lowest BCUT2D eigenvalue weighted by atomic mass is 9.84. The van der Waals surface area contributed by atoms with Gasteiger partial charge in [-0.25, -0.2) is 0 Å². The quantitative estimate of drug-likeness (QED) is 0.453. The highest BCUT2D eigenvalue weighted by atomic mass is 127. The molecule has 1 unspecified atom stereocenters. The normalized spacial score (nSPS) is 13.7. The molecule has 0 saturated carbocycles. The maximum atomic E-state index is 11.5. The lowest BCUT2D eigenvalue weighted by Gasteiger charge is -2.22. The van der Waals surface area contributed by atoms with E-state index in [0.29, 0.717) is 17.8 Å². The number of nitrogens with one attached hydrogen (secondary N) is 1. The van der Waals surface area contributed by atoms with Crippen molar-refractivity contribution in [3.63, 3.8) is 0 Å². The number of alkyl halides is 1. The van der Waals surface area contributed by atoms with Gasteiger partial charge in [0.2, 0.25) is 5.91 Å². The SMILES string of the molecule is CC(CC(=O)NCCCI)CC(C)(C)C. The van der Waals surface area contributed by atoms with Crippen LogP contribution in [0, 0.1) is 11.3 Å². The summed E-state index contributed by atoms with van der Waals surface area (Å²) in [7, 11) is 0. The topological polar surface area (TPSA) is 29.1 Å². The Morgan fingerprint density at radius 2 is 2.00 bits per heavy atom. The van der Waals surface area contributed by atoms with Crippen molar-refractivity contribution in [2.75, 3.05) is 11.0 Å². The number of rotatable bonds is 6. The van der Waals surface area contributed by atoms with Crippen LogP contribution in [-0.4, -0.2) is 16.9 Å². The van der Waals surface area contributed by atoms with Crippen molar-refractivity contribution in [1.29, 1.82) is 0 Å². The third kappa shape index (κ3) is 10.5. The van der Waals surface area contributed by atoms with Crippen LogP contribution in [0.15, 0.2) is 0 Å². The smallest absolute Gasteiger partial charge is 0.220 e. The third-order valence-corrected chi connectivity index (χ3v) is 2.89. The average Bonchev–Trinajstić information content (AvgIpc) is 2.00. The van der Waals surface area contributed by atoms with Crippen LogP contribution < -0.4 is 5.32 Å². The highest BCUT2D eigenvalue weighted by molar-refractivity contribution is 14.1. The first-order valence-electron chi connectivity index (χ1n) is 5.68. The van der Waals surface area contributed by atoms with Gasteiger partial charge in [0.05, 0.1) is 0 Å². The van der Waals surface area contributed by atoms with Gasteiger partial charge >= 0.3 is 0 Å². The second-order valence-electron chi connectivity index (χ2n) is 5.47. The van der Waals surface area contributed by atoms with E-state index in [1.165, 1.54) is 0 Å². The fourth-order valence-corrected chi connectivity index (χ4v) is 2.18. The van der Waals surface area contributed by atoms with E-state index in [4.69, 9.17) is 0 Å². The van der Waals surface area contributed by atoms with Crippen LogP contribution in [0.3, 0.4) is 0 Å². The van der Waals surface area contributed by atoms with E-state index in [-0.39, 0.29) is 5.91 Å². The number of hydrogen-bond donors (Lipinski definition) is 1. The molecule has 0 rings (SSSR count). The van der Waals surface area contributed by atoms with Crippen LogP contribution in [-0.2, 0) is 4.79 Å². The molecule has 0 aromatic rings. The largest absolute Gasteiger partial charge is 0.356 e. The summed E-state index contributed by atoms with van der Waals surface area (Å²) in [6.45, 7) is 9.64. The second-order valence-corrected chi connectivity index (χ2v) is 6.55. The Balaban J connectivity index is 3.67. The van der Waals surface area contributed by atoms with E-state index >= 15 is 0 Å². The number of carbonyl (C=O) groups excluding carboxylic acids is 1. The predicted octanol–water partition coefficient (Wildman–Crippen LogP) is 3.39. The molecule has 0 aromatic heterocycles. The molecule has 1 amide bonds. The van der Waals surface area contributed by atoms with Crippen molar-refractivity contribution in [2.45, 2.75) is 47.0 Å². The molecule has 90 valence electrons. The second kappa shape index (κ2) is 7.47. The minimum Gasteiger partial charge on any atom is -0.356 e. The molecule has 0 aromatic carbocycles. The fourth-order valence-electron chi connectivity index (χ4n) is 1.80. The Kier molecular flexibility index (Phi) is 7.57. The Labute approximate surface area is 108 Å². The Bertz CT molecular complexity index is 187. The summed E-state index contributed by atoms with van der Waals surface area (Å²) in [5.41, 5.74) is 0.321. The minimum absolute atomic E-state index is 0.205. The van der Waals surface area contributed by atoms with E-state index in [0.717, 1.165) is 23.8 Å². The summed E-state index contributed by atoms with van der Waals surface area (Å²) in [6.07, 6.45) is 2.84. The first-order valence-corrected chi connectivity index (χ1v) is 7.20. The summed E-state index contributed by atoms with van der Waals surface area (Å²) in [5, 5.41) is 2.96. The van der Waals surface area contributed by atoms with Crippen molar-refractivity contribution in [3.8, 4) is 0 Å². The van der Waals surface area contributed by atoms with Crippen molar-refractivity contribution in [3.05, 3.63) is 0 Å². The molecule has 1 N–H and O–H groups in total. The van der Waals surface area contributed by atoms with E-state index in [9.17, 15) is 4.79 Å². The zero-order chi connectivity index (χ0) is 11.9. The van der Waals surface area contributed by atoms with Gasteiger partial charge in [-0.05, 0) is 24.2 Å². The summed E-state index contributed by atoms with van der Waals surface area (Å²) >= 11 is 2.33. The molecule has 0 fully saturated rings. The van der Waals surface area contributed by atoms with Gasteiger partial charge in [-0.15, -0.1) is 0 Å². The molecule has 0 aliphatic heterocycles. The predicted molar refractivity (Wildman–Crippen MR) is 74.4 cm³/mol. The molecule has 0 heterocycles. The summed E-state index contributed by atoms with van der Waals surface area (Å²) < 4.78 is 1.11. The maximum absolute atomic E-state index is 11.5. The van der Waals surface area contributed by atoms with Gasteiger partial charge in [0.1, 0.15) is 0 Å². The van der Waals surface area contributed by atoms with Gasteiger partial charge in [-0.2, -0.15) is 0 Å².